The number of ether oxygens (including phenoxy) is 1. The normalized spacial score (nSPS) is 17.9. The maximum absolute atomic E-state index is 10.2. The van der Waals surface area contributed by atoms with E-state index in [0.717, 1.165) is 35.2 Å². The van der Waals surface area contributed by atoms with Gasteiger partial charge in [0.05, 0.1) is 12.7 Å². The van der Waals surface area contributed by atoms with Crippen molar-refractivity contribution < 1.29 is 9.84 Å². The second-order valence-corrected chi connectivity index (χ2v) is 6.66. The van der Waals surface area contributed by atoms with Crippen molar-refractivity contribution in [1.29, 1.82) is 0 Å². The summed E-state index contributed by atoms with van der Waals surface area (Å²) < 4.78 is 6.90. The summed E-state index contributed by atoms with van der Waals surface area (Å²) in [6, 6.07) is 5.94. The average Bonchev–Trinajstić information content (AvgIpc) is 2.47. The molecule has 0 heterocycles. The smallest absolute Gasteiger partial charge is 0.119 e. The van der Waals surface area contributed by atoms with E-state index in [1.165, 1.54) is 32.1 Å². The average molecular weight is 341 g/mol. The summed E-state index contributed by atoms with van der Waals surface area (Å²) in [6.45, 7) is 2.89. The summed E-state index contributed by atoms with van der Waals surface area (Å²) in [6.07, 6.45) is 7.99. The molecule has 2 rings (SSSR count). The summed E-state index contributed by atoms with van der Waals surface area (Å²) in [5, 5.41) is 10.2. The number of rotatable bonds is 6. The molecule has 1 unspecified atom stereocenters. The third-order valence-corrected chi connectivity index (χ3v) is 4.82. The SMILES string of the molecule is CCCC(O)c1cc(OCC2CCCCC2)ccc1Br. The lowest BCUT2D eigenvalue weighted by Gasteiger charge is -2.22. The van der Waals surface area contributed by atoms with Crippen LogP contribution in [-0.4, -0.2) is 11.7 Å². The van der Waals surface area contributed by atoms with E-state index in [9.17, 15) is 5.11 Å². The van der Waals surface area contributed by atoms with Crippen molar-refractivity contribution >= 4 is 15.9 Å². The molecule has 2 nitrogen and oxygen atoms in total. The van der Waals surface area contributed by atoms with Crippen LogP contribution in [0.3, 0.4) is 0 Å². The Balaban J connectivity index is 1.95. The first-order valence-electron chi connectivity index (χ1n) is 7.81. The maximum Gasteiger partial charge on any atom is 0.119 e. The molecule has 0 bridgehead atoms. The second kappa shape index (κ2) is 8.04. The first-order chi connectivity index (χ1) is 9.70. The van der Waals surface area contributed by atoms with Crippen LogP contribution in [0.4, 0.5) is 0 Å². The number of benzene rings is 1. The van der Waals surface area contributed by atoms with Gasteiger partial charge >= 0.3 is 0 Å². The molecule has 1 saturated carbocycles. The molecule has 1 aliphatic carbocycles. The van der Waals surface area contributed by atoms with Gasteiger partial charge in [0, 0.05) is 4.47 Å². The van der Waals surface area contributed by atoms with Crippen molar-refractivity contribution in [1.82, 2.24) is 0 Å². The molecule has 20 heavy (non-hydrogen) atoms. The molecule has 0 radical (unpaired) electrons. The highest BCUT2D eigenvalue weighted by Crippen LogP contribution is 2.31. The molecule has 112 valence electrons. The van der Waals surface area contributed by atoms with E-state index in [0.29, 0.717) is 5.92 Å². The Morgan fingerprint density at radius 2 is 2.05 bits per heavy atom. The minimum Gasteiger partial charge on any atom is -0.493 e. The van der Waals surface area contributed by atoms with Crippen LogP contribution in [0.15, 0.2) is 22.7 Å². The molecule has 0 saturated heterocycles. The quantitative estimate of drug-likeness (QED) is 0.766. The van der Waals surface area contributed by atoms with Gasteiger partial charge in [-0.1, -0.05) is 48.5 Å². The van der Waals surface area contributed by atoms with Gasteiger partial charge in [-0.25, -0.2) is 0 Å². The zero-order valence-electron chi connectivity index (χ0n) is 12.3. The summed E-state index contributed by atoms with van der Waals surface area (Å²) in [7, 11) is 0. The Labute approximate surface area is 130 Å². The van der Waals surface area contributed by atoms with Crippen LogP contribution in [0.2, 0.25) is 0 Å². The van der Waals surface area contributed by atoms with Gasteiger partial charge in [-0.3, -0.25) is 0 Å². The van der Waals surface area contributed by atoms with Crippen LogP contribution in [0, 0.1) is 5.92 Å². The van der Waals surface area contributed by atoms with Gasteiger partial charge in [0.1, 0.15) is 5.75 Å². The van der Waals surface area contributed by atoms with E-state index in [4.69, 9.17) is 4.74 Å². The third kappa shape index (κ3) is 4.49. The highest BCUT2D eigenvalue weighted by atomic mass is 79.9. The fraction of sp³-hybridized carbons (Fsp3) is 0.647. The minimum absolute atomic E-state index is 0.410. The van der Waals surface area contributed by atoms with Crippen LogP contribution in [0.1, 0.15) is 63.5 Å². The molecule has 1 fully saturated rings. The van der Waals surface area contributed by atoms with Gasteiger partial charge in [-0.05, 0) is 48.9 Å². The van der Waals surface area contributed by atoms with Gasteiger partial charge in [0.25, 0.3) is 0 Å². The topological polar surface area (TPSA) is 29.5 Å². The van der Waals surface area contributed by atoms with E-state index in [1.807, 2.05) is 18.2 Å². The molecule has 1 aromatic carbocycles. The Kier molecular flexibility index (Phi) is 6.37. The summed E-state index contributed by atoms with van der Waals surface area (Å²) >= 11 is 3.51. The van der Waals surface area contributed by atoms with Gasteiger partial charge in [0.15, 0.2) is 0 Å². The van der Waals surface area contributed by atoms with Gasteiger partial charge < -0.3 is 9.84 Å². The minimum atomic E-state index is -0.410. The molecule has 0 amide bonds. The van der Waals surface area contributed by atoms with Crippen molar-refractivity contribution in [2.24, 2.45) is 5.92 Å². The zero-order chi connectivity index (χ0) is 14.4. The Bertz CT molecular complexity index is 413. The second-order valence-electron chi connectivity index (χ2n) is 5.80. The van der Waals surface area contributed by atoms with Gasteiger partial charge in [-0.2, -0.15) is 0 Å². The van der Waals surface area contributed by atoms with E-state index < -0.39 is 6.10 Å². The van der Waals surface area contributed by atoms with E-state index in [1.54, 1.807) is 0 Å². The summed E-state index contributed by atoms with van der Waals surface area (Å²) in [5.41, 5.74) is 0.938. The number of aliphatic hydroxyl groups is 1. The van der Waals surface area contributed by atoms with Crippen molar-refractivity contribution in [3.63, 3.8) is 0 Å². The predicted octanol–water partition coefficient (Wildman–Crippen LogP) is 5.24. The monoisotopic (exact) mass is 340 g/mol. The first-order valence-corrected chi connectivity index (χ1v) is 8.60. The molecule has 0 aromatic heterocycles. The van der Waals surface area contributed by atoms with Crippen molar-refractivity contribution in [2.45, 2.75) is 58.0 Å². The van der Waals surface area contributed by atoms with Crippen LogP contribution in [0.25, 0.3) is 0 Å². The van der Waals surface area contributed by atoms with Crippen molar-refractivity contribution in [3.05, 3.63) is 28.2 Å². The molecule has 1 N–H and O–H groups in total. The largest absolute Gasteiger partial charge is 0.493 e. The highest BCUT2D eigenvalue weighted by molar-refractivity contribution is 9.10. The molecule has 1 aromatic rings. The van der Waals surface area contributed by atoms with E-state index >= 15 is 0 Å². The molecular formula is C17H25BrO2. The molecule has 0 spiro atoms. The molecule has 1 atom stereocenters. The molecule has 1 aliphatic rings. The Morgan fingerprint density at radius 1 is 1.30 bits per heavy atom. The molecule has 0 aliphatic heterocycles. The standard InChI is InChI=1S/C17H25BrO2/c1-2-6-17(19)15-11-14(9-10-16(15)18)20-12-13-7-4-3-5-8-13/h9-11,13,17,19H,2-8,12H2,1H3. The van der Waals surface area contributed by atoms with Crippen molar-refractivity contribution in [2.75, 3.05) is 6.61 Å². The lowest BCUT2D eigenvalue weighted by molar-refractivity contribution is 0.164. The van der Waals surface area contributed by atoms with Crippen LogP contribution >= 0.6 is 15.9 Å². The van der Waals surface area contributed by atoms with Crippen LogP contribution in [-0.2, 0) is 0 Å². The fourth-order valence-corrected chi connectivity index (χ4v) is 3.37. The van der Waals surface area contributed by atoms with Gasteiger partial charge in [-0.15, -0.1) is 0 Å². The van der Waals surface area contributed by atoms with E-state index in [2.05, 4.69) is 22.9 Å². The third-order valence-electron chi connectivity index (χ3n) is 4.10. The molecular weight excluding hydrogens is 316 g/mol. The maximum atomic E-state index is 10.2. The van der Waals surface area contributed by atoms with E-state index in [-0.39, 0.29) is 0 Å². The predicted molar refractivity (Wildman–Crippen MR) is 86.1 cm³/mol. The van der Waals surface area contributed by atoms with Crippen molar-refractivity contribution in [3.8, 4) is 5.75 Å². The fourth-order valence-electron chi connectivity index (χ4n) is 2.86. The highest BCUT2D eigenvalue weighted by Gasteiger charge is 2.15. The summed E-state index contributed by atoms with van der Waals surface area (Å²) in [4.78, 5) is 0. The van der Waals surface area contributed by atoms with Crippen LogP contribution < -0.4 is 4.74 Å². The summed E-state index contributed by atoms with van der Waals surface area (Å²) in [5.74, 6) is 1.58. The lowest BCUT2D eigenvalue weighted by atomic mass is 9.90. The number of hydrogen-bond acceptors (Lipinski definition) is 2. The lowest BCUT2D eigenvalue weighted by Crippen LogP contribution is -2.15. The Hall–Kier alpha value is -0.540. The number of aliphatic hydroxyl groups excluding tert-OH is 1. The van der Waals surface area contributed by atoms with Crippen LogP contribution in [0.5, 0.6) is 5.75 Å². The van der Waals surface area contributed by atoms with Gasteiger partial charge in [0.2, 0.25) is 0 Å². The number of halogens is 1. The molecule has 3 heteroatoms. The Morgan fingerprint density at radius 3 is 2.75 bits per heavy atom. The number of hydrogen-bond donors (Lipinski definition) is 1. The zero-order valence-corrected chi connectivity index (χ0v) is 13.9. The first kappa shape index (κ1) is 15.8.